The Kier molecular flexibility index (Phi) is 4.68. The Morgan fingerprint density at radius 3 is 2.82 bits per heavy atom. The molecule has 1 aliphatic rings. The molecule has 0 spiro atoms. The van der Waals surface area contributed by atoms with E-state index in [1.54, 1.807) is 7.11 Å². The van der Waals surface area contributed by atoms with Crippen LogP contribution in [0.15, 0.2) is 24.3 Å². The molecule has 1 aromatic rings. The van der Waals surface area contributed by atoms with E-state index in [0.717, 1.165) is 5.56 Å². The molecule has 1 aliphatic heterocycles. The van der Waals surface area contributed by atoms with Crippen molar-refractivity contribution in [3.8, 4) is 5.75 Å². The summed E-state index contributed by atoms with van der Waals surface area (Å²) in [6.07, 6.45) is 0.0600. The number of aliphatic carboxylic acids is 1. The van der Waals surface area contributed by atoms with Crippen LogP contribution in [0.1, 0.15) is 31.2 Å². The van der Waals surface area contributed by atoms with Crippen molar-refractivity contribution in [2.75, 3.05) is 20.2 Å². The average molecular weight is 309 g/mol. The van der Waals surface area contributed by atoms with Crippen molar-refractivity contribution in [3.05, 3.63) is 29.8 Å². The van der Waals surface area contributed by atoms with Gasteiger partial charge in [-0.1, -0.05) is 19.1 Å². The van der Waals surface area contributed by atoms with Gasteiger partial charge in [-0.25, -0.2) is 9.18 Å². The zero-order chi connectivity index (χ0) is 16.3. The lowest BCUT2D eigenvalue weighted by atomic mass is 9.97. The fourth-order valence-corrected chi connectivity index (χ4v) is 2.62. The first-order valence-corrected chi connectivity index (χ1v) is 7.20. The summed E-state index contributed by atoms with van der Waals surface area (Å²) >= 11 is 0. The number of carboxylic acids is 1. The summed E-state index contributed by atoms with van der Waals surface area (Å²) in [5.41, 5.74) is -1.36. The molecule has 0 radical (unpaired) electrons. The van der Waals surface area contributed by atoms with Gasteiger partial charge < -0.3 is 14.7 Å². The third kappa shape index (κ3) is 3.37. The van der Waals surface area contributed by atoms with Crippen LogP contribution in [0.25, 0.3) is 0 Å². The number of amides is 1. The van der Waals surface area contributed by atoms with E-state index in [1.165, 1.54) is 4.90 Å². The lowest BCUT2D eigenvalue weighted by molar-refractivity contribution is -0.150. The minimum absolute atomic E-state index is 0.0537. The highest BCUT2D eigenvalue weighted by atomic mass is 19.1. The predicted octanol–water partition coefficient (Wildman–Crippen LogP) is 2.21. The molecule has 120 valence electrons. The summed E-state index contributed by atoms with van der Waals surface area (Å²) in [6, 6.07) is 7.44. The quantitative estimate of drug-likeness (QED) is 0.905. The second-order valence-electron chi connectivity index (χ2n) is 5.72. The Hall–Kier alpha value is -2.11. The van der Waals surface area contributed by atoms with Crippen LogP contribution in [-0.2, 0) is 9.59 Å². The van der Waals surface area contributed by atoms with E-state index in [0.29, 0.717) is 5.75 Å². The first-order valence-electron chi connectivity index (χ1n) is 7.20. The van der Waals surface area contributed by atoms with Crippen molar-refractivity contribution < 1.29 is 23.8 Å². The lowest BCUT2D eigenvalue weighted by Crippen LogP contribution is -2.39. The number of ether oxygens (including phenoxy) is 1. The first-order chi connectivity index (χ1) is 10.4. The highest BCUT2D eigenvalue weighted by Gasteiger charge is 2.46. The van der Waals surface area contributed by atoms with Crippen molar-refractivity contribution in [2.24, 2.45) is 0 Å². The van der Waals surface area contributed by atoms with Gasteiger partial charge in [0.05, 0.1) is 13.7 Å². The molecule has 1 amide bonds. The number of hydrogen-bond donors (Lipinski definition) is 1. The molecule has 5 nitrogen and oxygen atoms in total. The van der Waals surface area contributed by atoms with Crippen LogP contribution in [0.2, 0.25) is 0 Å². The molecule has 1 saturated heterocycles. The third-order valence-electron chi connectivity index (χ3n) is 4.10. The van der Waals surface area contributed by atoms with Gasteiger partial charge in [-0.05, 0) is 23.6 Å². The van der Waals surface area contributed by atoms with Gasteiger partial charge in [0, 0.05) is 19.4 Å². The average Bonchev–Trinajstić information content (AvgIpc) is 2.91. The molecule has 6 heteroatoms. The number of halogens is 1. The van der Waals surface area contributed by atoms with Crippen molar-refractivity contribution in [1.29, 1.82) is 0 Å². The fraction of sp³-hybridized carbons (Fsp3) is 0.500. The number of rotatable bonds is 5. The lowest BCUT2D eigenvalue weighted by Gasteiger charge is -2.20. The monoisotopic (exact) mass is 309 g/mol. The van der Waals surface area contributed by atoms with E-state index in [9.17, 15) is 14.0 Å². The van der Waals surface area contributed by atoms with Crippen LogP contribution in [-0.4, -0.2) is 47.8 Å². The highest BCUT2D eigenvalue weighted by Crippen LogP contribution is 2.29. The summed E-state index contributed by atoms with van der Waals surface area (Å²) in [5.74, 6) is -1.06. The van der Waals surface area contributed by atoms with Gasteiger partial charge in [0.2, 0.25) is 11.6 Å². The molecule has 0 aliphatic carbocycles. The van der Waals surface area contributed by atoms with E-state index in [4.69, 9.17) is 9.84 Å². The second kappa shape index (κ2) is 6.34. The van der Waals surface area contributed by atoms with E-state index in [-0.39, 0.29) is 37.8 Å². The van der Waals surface area contributed by atoms with Crippen LogP contribution in [0.4, 0.5) is 4.39 Å². The Morgan fingerprint density at radius 1 is 1.50 bits per heavy atom. The van der Waals surface area contributed by atoms with Crippen molar-refractivity contribution in [1.82, 2.24) is 4.90 Å². The number of carbonyl (C=O) groups is 2. The van der Waals surface area contributed by atoms with Crippen LogP contribution >= 0.6 is 0 Å². The number of nitrogens with zero attached hydrogens (tertiary/aromatic N) is 1. The Bertz CT molecular complexity index is 577. The van der Waals surface area contributed by atoms with E-state index in [1.807, 2.05) is 31.2 Å². The van der Waals surface area contributed by atoms with Gasteiger partial charge in [0.25, 0.3) is 0 Å². The number of methoxy groups -OCH3 is 1. The first kappa shape index (κ1) is 16.3. The third-order valence-corrected chi connectivity index (χ3v) is 4.10. The molecule has 1 heterocycles. The summed E-state index contributed by atoms with van der Waals surface area (Å²) in [4.78, 5) is 24.4. The number of alkyl halides is 1. The standard InChI is InChI=1S/C16H20FNO4/c1-11(12-4-3-5-13(9-12)22-2)8-14(19)18-7-6-16(17,10-18)15(20)21/h3-5,9,11H,6-8,10H2,1-2H3,(H,20,21). The van der Waals surface area contributed by atoms with Gasteiger partial charge in [-0.3, -0.25) is 4.79 Å². The molecule has 0 bridgehead atoms. The molecule has 0 saturated carbocycles. The molecule has 0 aromatic heterocycles. The maximum atomic E-state index is 14.0. The molecule has 2 rings (SSSR count). The minimum Gasteiger partial charge on any atom is -0.497 e. The van der Waals surface area contributed by atoms with Gasteiger partial charge in [0.1, 0.15) is 5.75 Å². The van der Waals surface area contributed by atoms with E-state index >= 15 is 0 Å². The number of benzene rings is 1. The Balaban J connectivity index is 1.98. The largest absolute Gasteiger partial charge is 0.497 e. The number of carbonyl (C=O) groups excluding carboxylic acids is 1. The fourth-order valence-electron chi connectivity index (χ4n) is 2.62. The van der Waals surface area contributed by atoms with E-state index < -0.39 is 11.6 Å². The zero-order valence-electron chi connectivity index (χ0n) is 12.7. The van der Waals surface area contributed by atoms with Crippen molar-refractivity contribution in [2.45, 2.75) is 31.4 Å². The van der Waals surface area contributed by atoms with E-state index in [2.05, 4.69) is 0 Å². The molecule has 2 atom stereocenters. The van der Waals surface area contributed by atoms with Gasteiger partial charge >= 0.3 is 5.97 Å². The topological polar surface area (TPSA) is 66.8 Å². The summed E-state index contributed by atoms with van der Waals surface area (Å²) in [5, 5.41) is 8.86. The molecule has 1 aromatic carbocycles. The summed E-state index contributed by atoms with van der Waals surface area (Å²) < 4.78 is 19.1. The van der Waals surface area contributed by atoms with Gasteiger partial charge in [-0.2, -0.15) is 0 Å². The minimum atomic E-state index is -2.31. The van der Waals surface area contributed by atoms with Gasteiger partial charge in [-0.15, -0.1) is 0 Å². The zero-order valence-corrected chi connectivity index (χ0v) is 12.7. The SMILES string of the molecule is COc1cccc(C(C)CC(=O)N2CCC(F)(C(=O)O)C2)c1. The number of carboxylic acid groups (broad SMARTS) is 1. The van der Waals surface area contributed by atoms with Crippen LogP contribution in [0.3, 0.4) is 0 Å². The normalized spacial score (nSPS) is 22.4. The molecule has 22 heavy (non-hydrogen) atoms. The van der Waals surface area contributed by atoms with Crippen molar-refractivity contribution >= 4 is 11.9 Å². The summed E-state index contributed by atoms with van der Waals surface area (Å²) in [6.45, 7) is 1.68. The molecule has 1 N–H and O–H groups in total. The molecule has 1 fully saturated rings. The maximum absolute atomic E-state index is 14.0. The smallest absolute Gasteiger partial charge is 0.343 e. The molecular weight excluding hydrogens is 289 g/mol. The molecular formula is C16H20FNO4. The number of hydrogen-bond acceptors (Lipinski definition) is 3. The molecule has 2 unspecified atom stereocenters. The number of likely N-dealkylation sites (tertiary alicyclic amines) is 1. The summed E-state index contributed by atoms with van der Waals surface area (Å²) in [7, 11) is 1.58. The van der Waals surface area contributed by atoms with Gasteiger partial charge in [0.15, 0.2) is 0 Å². The van der Waals surface area contributed by atoms with Crippen LogP contribution < -0.4 is 4.74 Å². The second-order valence-corrected chi connectivity index (χ2v) is 5.72. The highest BCUT2D eigenvalue weighted by molar-refractivity contribution is 5.82. The maximum Gasteiger partial charge on any atom is 0.343 e. The van der Waals surface area contributed by atoms with Crippen LogP contribution in [0, 0.1) is 0 Å². The van der Waals surface area contributed by atoms with Crippen molar-refractivity contribution in [3.63, 3.8) is 0 Å². The Morgan fingerprint density at radius 2 is 2.23 bits per heavy atom. The van der Waals surface area contributed by atoms with Crippen LogP contribution in [0.5, 0.6) is 5.75 Å². The Labute approximate surface area is 128 Å². The predicted molar refractivity (Wildman–Crippen MR) is 78.7 cm³/mol.